The van der Waals surface area contributed by atoms with Crippen LogP contribution in [0.5, 0.6) is 0 Å². The average molecular weight is 370 g/mol. The number of aromatic nitrogens is 1. The lowest BCUT2D eigenvalue weighted by Crippen LogP contribution is -2.30. The number of carbonyl (C=O) groups is 2. The van der Waals surface area contributed by atoms with E-state index in [-0.39, 0.29) is 12.3 Å². The SMILES string of the molecule is COCCCNC(=O)CC(=O)N/N=C/c1cc(C)n(-c2ccccc2)c1C. The van der Waals surface area contributed by atoms with Crippen LogP contribution in [0, 0.1) is 13.8 Å². The zero-order valence-corrected chi connectivity index (χ0v) is 16.0. The second-order valence-corrected chi connectivity index (χ2v) is 6.16. The van der Waals surface area contributed by atoms with Crippen LogP contribution in [0.15, 0.2) is 41.5 Å². The van der Waals surface area contributed by atoms with Crippen LogP contribution in [0.3, 0.4) is 0 Å². The smallest absolute Gasteiger partial charge is 0.249 e. The number of rotatable bonds is 9. The number of hydrazone groups is 1. The van der Waals surface area contributed by atoms with E-state index in [1.54, 1.807) is 13.3 Å². The Bertz CT molecular complexity index is 797. The van der Waals surface area contributed by atoms with Gasteiger partial charge in [-0.1, -0.05) is 18.2 Å². The topological polar surface area (TPSA) is 84.7 Å². The van der Waals surface area contributed by atoms with Crippen molar-refractivity contribution in [1.82, 2.24) is 15.3 Å². The van der Waals surface area contributed by atoms with E-state index in [9.17, 15) is 9.59 Å². The Balaban J connectivity index is 1.89. The molecule has 0 unspecified atom stereocenters. The molecule has 0 fully saturated rings. The summed E-state index contributed by atoms with van der Waals surface area (Å²) in [6, 6.07) is 12.0. The fourth-order valence-corrected chi connectivity index (χ4v) is 2.76. The van der Waals surface area contributed by atoms with Crippen molar-refractivity contribution in [3.63, 3.8) is 0 Å². The van der Waals surface area contributed by atoms with E-state index < -0.39 is 5.91 Å². The fraction of sp³-hybridized carbons (Fsp3) is 0.350. The van der Waals surface area contributed by atoms with Gasteiger partial charge in [0.15, 0.2) is 0 Å². The third-order valence-corrected chi connectivity index (χ3v) is 4.05. The number of carbonyl (C=O) groups excluding carboxylic acids is 2. The van der Waals surface area contributed by atoms with Crippen molar-refractivity contribution in [2.45, 2.75) is 26.7 Å². The van der Waals surface area contributed by atoms with Crippen molar-refractivity contribution >= 4 is 18.0 Å². The summed E-state index contributed by atoms with van der Waals surface area (Å²) in [7, 11) is 1.60. The van der Waals surface area contributed by atoms with Gasteiger partial charge in [0.25, 0.3) is 0 Å². The van der Waals surface area contributed by atoms with Crippen molar-refractivity contribution in [2.75, 3.05) is 20.3 Å². The molecule has 144 valence electrons. The minimum Gasteiger partial charge on any atom is -0.385 e. The second-order valence-electron chi connectivity index (χ2n) is 6.16. The number of aryl methyl sites for hydroxylation is 1. The quantitative estimate of drug-likeness (QED) is 0.307. The van der Waals surface area contributed by atoms with E-state index in [0.29, 0.717) is 19.6 Å². The molecule has 27 heavy (non-hydrogen) atoms. The zero-order valence-electron chi connectivity index (χ0n) is 16.0. The maximum Gasteiger partial charge on any atom is 0.249 e. The lowest BCUT2D eigenvalue weighted by Gasteiger charge is -2.09. The Labute approximate surface area is 159 Å². The molecule has 1 heterocycles. The van der Waals surface area contributed by atoms with Crippen LogP contribution in [0.25, 0.3) is 5.69 Å². The first kappa shape index (κ1) is 20.4. The summed E-state index contributed by atoms with van der Waals surface area (Å²) >= 11 is 0. The van der Waals surface area contributed by atoms with E-state index in [0.717, 1.165) is 22.6 Å². The van der Waals surface area contributed by atoms with E-state index in [2.05, 4.69) is 20.4 Å². The van der Waals surface area contributed by atoms with Crippen LogP contribution >= 0.6 is 0 Å². The molecule has 1 aromatic carbocycles. The third-order valence-electron chi connectivity index (χ3n) is 4.05. The van der Waals surface area contributed by atoms with Crippen LogP contribution in [0.2, 0.25) is 0 Å². The Morgan fingerprint density at radius 3 is 2.63 bits per heavy atom. The molecule has 1 aromatic heterocycles. The zero-order chi connectivity index (χ0) is 19.6. The predicted octanol–water partition coefficient (Wildman–Crippen LogP) is 2.09. The molecule has 0 atom stereocenters. The van der Waals surface area contributed by atoms with Crippen molar-refractivity contribution in [2.24, 2.45) is 5.10 Å². The minimum atomic E-state index is -0.452. The molecule has 2 aromatic rings. The number of benzene rings is 1. The number of hydrogen-bond acceptors (Lipinski definition) is 4. The number of methoxy groups -OCH3 is 1. The van der Waals surface area contributed by atoms with Gasteiger partial charge in [-0.15, -0.1) is 0 Å². The molecular weight excluding hydrogens is 344 g/mol. The molecule has 0 radical (unpaired) electrons. The Hall–Kier alpha value is -2.93. The predicted molar refractivity (Wildman–Crippen MR) is 105 cm³/mol. The number of amides is 2. The van der Waals surface area contributed by atoms with Gasteiger partial charge in [-0.3, -0.25) is 9.59 Å². The molecule has 7 heteroatoms. The average Bonchev–Trinajstić information content (AvgIpc) is 2.93. The number of ether oxygens (including phenoxy) is 1. The third kappa shape index (κ3) is 6.07. The molecule has 0 spiro atoms. The number of hydrogen-bond donors (Lipinski definition) is 2. The van der Waals surface area contributed by atoms with Crippen LogP contribution in [0.1, 0.15) is 29.8 Å². The molecule has 0 aliphatic rings. The minimum absolute atomic E-state index is 0.257. The highest BCUT2D eigenvalue weighted by molar-refractivity contribution is 5.97. The van der Waals surface area contributed by atoms with Crippen molar-refractivity contribution in [3.8, 4) is 5.69 Å². The van der Waals surface area contributed by atoms with Gasteiger partial charge in [0.05, 0.1) is 6.21 Å². The summed E-state index contributed by atoms with van der Waals surface area (Å²) in [5, 5.41) is 6.63. The standard InChI is InChI=1S/C20H26N4O3/c1-15-12-17(16(2)24(15)18-8-5-4-6-9-18)14-22-23-20(26)13-19(25)21-10-7-11-27-3/h4-6,8-9,12,14H,7,10-11,13H2,1-3H3,(H,21,25)(H,23,26)/b22-14+. The molecule has 2 rings (SSSR count). The van der Waals surface area contributed by atoms with Gasteiger partial charge in [-0.25, -0.2) is 5.43 Å². The summed E-state index contributed by atoms with van der Waals surface area (Å²) in [4.78, 5) is 23.4. The summed E-state index contributed by atoms with van der Waals surface area (Å²) in [6.45, 7) is 5.06. The largest absolute Gasteiger partial charge is 0.385 e. The number of para-hydroxylation sites is 1. The van der Waals surface area contributed by atoms with Crippen LogP contribution < -0.4 is 10.7 Å². The molecule has 0 aliphatic carbocycles. The first-order chi connectivity index (χ1) is 13.0. The second kappa shape index (κ2) is 10.3. The van der Waals surface area contributed by atoms with E-state index in [1.807, 2.05) is 50.2 Å². The monoisotopic (exact) mass is 370 g/mol. The first-order valence-corrected chi connectivity index (χ1v) is 8.85. The van der Waals surface area contributed by atoms with E-state index in [1.165, 1.54) is 0 Å². The highest BCUT2D eigenvalue weighted by Crippen LogP contribution is 2.19. The molecule has 0 aliphatic heterocycles. The van der Waals surface area contributed by atoms with Crippen molar-refractivity contribution in [1.29, 1.82) is 0 Å². The molecular formula is C20H26N4O3. The van der Waals surface area contributed by atoms with Crippen LogP contribution in [0.4, 0.5) is 0 Å². The van der Waals surface area contributed by atoms with Gasteiger partial charge in [-0.2, -0.15) is 5.10 Å². The summed E-state index contributed by atoms with van der Waals surface area (Å²) in [5.74, 6) is -0.784. The lowest BCUT2D eigenvalue weighted by atomic mass is 10.2. The Kier molecular flexibility index (Phi) is 7.76. The molecule has 2 amide bonds. The molecule has 0 bridgehead atoms. The van der Waals surface area contributed by atoms with Gasteiger partial charge in [0, 0.05) is 42.9 Å². The fourth-order valence-electron chi connectivity index (χ4n) is 2.76. The van der Waals surface area contributed by atoms with Crippen LogP contribution in [-0.2, 0) is 14.3 Å². The lowest BCUT2D eigenvalue weighted by molar-refractivity contribution is -0.129. The first-order valence-electron chi connectivity index (χ1n) is 8.85. The van der Waals surface area contributed by atoms with E-state index >= 15 is 0 Å². The molecule has 7 nitrogen and oxygen atoms in total. The number of nitrogens with one attached hydrogen (secondary N) is 2. The van der Waals surface area contributed by atoms with Gasteiger partial charge in [-0.05, 0) is 38.5 Å². The van der Waals surface area contributed by atoms with Crippen LogP contribution in [-0.4, -0.2) is 42.9 Å². The maximum absolute atomic E-state index is 11.8. The summed E-state index contributed by atoms with van der Waals surface area (Å²) < 4.78 is 7.02. The normalized spacial score (nSPS) is 10.9. The molecule has 0 saturated heterocycles. The van der Waals surface area contributed by atoms with Crippen molar-refractivity contribution in [3.05, 3.63) is 53.3 Å². The summed E-state index contributed by atoms with van der Waals surface area (Å²) in [6.07, 6.45) is 2.04. The summed E-state index contributed by atoms with van der Waals surface area (Å²) in [5.41, 5.74) is 6.46. The van der Waals surface area contributed by atoms with Crippen molar-refractivity contribution < 1.29 is 14.3 Å². The highest BCUT2D eigenvalue weighted by atomic mass is 16.5. The Morgan fingerprint density at radius 2 is 1.93 bits per heavy atom. The number of nitrogens with zero attached hydrogens (tertiary/aromatic N) is 2. The maximum atomic E-state index is 11.8. The highest BCUT2D eigenvalue weighted by Gasteiger charge is 2.10. The van der Waals surface area contributed by atoms with Gasteiger partial charge < -0.3 is 14.6 Å². The molecule has 0 saturated carbocycles. The Morgan fingerprint density at radius 1 is 1.19 bits per heavy atom. The van der Waals surface area contributed by atoms with Gasteiger partial charge >= 0.3 is 0 Å². The van der Waals surface area contributed by atoms with E-state index in [4.69, 9.17) is 4.74 Å². The van der Waals surface area contributed by atoms with Gasteiger partial charge in [0.1, 0.15) is 6.42 Å². The van der Waals surface area contributed by atoms with Gasteiger partial charge in [0.2, 0.25) is 11.8 Å². The molecule has 2 N–H and O–H groups in total.